The summed E-state index contributed by atoms with van der Waals surface area (Å²) in [5.41, 5.74) is 6.39. The van der Waals surface area contributed by atoms with E-state index in [1.807, 2.05) is 0 Å². The van der Waals surface area contributed by atoms with E-state index >= 15 is 0 Å². The van der Waals surface area contributed by atoms with E-state index in [9.17, 15) is 18.8 Å². The van der Waals surface area contributed by atoms with Crippen molar-refractivity contribution in [3.05, 3.63) is 69.5 Å². The van der Waals surface area contributed by atoms with Gasteiger partial charge in [-0.05, 0) is 35.4 Å². The molecular formula is C20H20Cl2FN3O3. The van der Waals surface area contributed by atoms with Crippen molar-refractivity contribution >= 4 is 40.9 Å². The van der Waals surface area contributed by atoms with Gasteiger partial charge in [0, 0.05) is 29.8 Å². The lowest BCUT2D eigenvalue weighted by Crippen LogP contribution is -2.54. The third-order valence-corrected chi connectivity index (χ3v) is 4.86. The molecule has 2 atom stereocenters. The van der Waals surface area contributed by atoms with Crippen molar-refractivity contribution in [3.63, 3.8) is 0 Å². The Morgan fingerprint density at radius 2 is 1.62 bits per heavy atom. The van der Waals surface area contributed by atoms with Crippen LogP contribution in [-0.4, -0.2) is 29.8 Å². The fourth-order valence-corrected chi connectivity index (χ4v) is 3.33. The lowest BCUT2D eigenvalue weighted by Gasteiger charge is -2.22. The van der Waals surface area contributed by atoms with E-state index in [2.05, 4.69) is 10.6 Å². The molecule has 0 radical (unpaired) electrons. The zero-order valence-corrected chi connectivity index (χ0v) is 17.1. The van der Waals surface area contributed by atoms with Crippen LogP contribution in [0.1, 0.15) is 18.1 Å². The Balaban J connectivity index is 2.19. The molecule has 0 fully saturated rings. The summed E-state index contributed by atoms with van der Waals surface area (Å²) in [5, 5.41) is 5.68. The maximum Gasteiger partial charge on any atom is 0.243 e. The Kier molecular flexibility index (Phi) is 7.99. The Bertz CT molecular complexity index is 903. The Hall–Kier alpha value is -2.64. The predicted molar refractivity (Wildman–Crippen MR) is 109 cm³/mol. The number of nitrogens with two attached hydrogens (primary N) is 1. The van der Waals surface area contributed by atoms with E-state index in [1.165, 1.54) is 25.1 Å². The lowest BCUT2D eigenvalue weighted by molar-refractivity contribution is -0.130. The maximum atomic E-state index is 13.4. The van der Waals surface area contributed by atoms with Crippen molar-refractivity contribution < 1.29 is 18.8 Å². The second-order valence-electron chi connectivity index (χ2n) is 6.46. The monoisotopic (exact) mass is 439 g/mol. The first kappa shape index (κ1) is 22.6. The van der Waals surface area contributed by atoms with Crippen LogP contribution in [0.25, 0.3) is 0 Å². The van der Waals surface area contributed by atoms with Crippen LogP contribution in [-0.2, 0) is 27.2 Å². The molecule has 3 amide bonds. The molecule has 0 aliphatic carbocycles. The number of hydrogen-bond acceptors (Lipinski definition) is 3. The molecule has 0 saturated carbocycles. The standard InChI is InChI=1S/C20H20Cl2FN3O3/c1-11(27)25-18(9-12-4-2-5-13(23)8-12)20(29)26-17(19(24)28)10-14-15(21)6-3-7-16(14)22/h2-8,17-18H,9-10H2,1H3,(H2,24,28)(H,25,27)(H,26,29)/t17-,18+/m1/s1. The first-order chi connectivity index (χ1) is 13.7. The summed E-state index contributed by atoms with van der Waals surface area (Å²) in [7, 11) is 0. The molecule has 9 heteroatoms. The number of primary amides is 1. The van der Waals surface area contributed by atoms with E-state index in [4.69, 9.17) is 28.9 Å². The van der Waals surface area contributed by atoms with Crippen molar-refractivity contribution in [2.75, 3.05) is 0 Å². The van der Waals surface area contributed by atoms with Gasteiger partial charge >= 0.3 is 0 Å². The van der Waals surface area contributed by atoms with Crippen LogP contribution in [0.2, 0.25) is 10.0 Å². The molecule has 0 heterocycles. The summed E-state index contributed by atoms with van der Waals surface area (Å²) in [6, 6.07) is 8.38. The highest BCUT2D eigenvalue weighted by Gasteiger charge is 2.26. The Morgan fingerprint density at radius 3 is 2.17 bits per heavy atom. The average Bonchev–Trinajstić information content (AvgIpc) is 2.62. The van der Waals surface area contributed by atoms with Crippen molar-refractivity contribution in [3.8, 4) is 0 Å². The lowest BCUT2D eigenvalue weighted by atomic mass is 10.0. The molecule has 0 unspecified atom stereocenters. The van der Waals surface area contributed by atoms with Crippen molar-refractivity contribution in [2.24, 2.45) is 5.73 Å². The second kappa shape index (κ2) is 10.2. The number of carbonyl (C=O) groups is 3. The summed E-state index contributed by atoms with van der Waals surface area (Å²) in [6.45, 7) is 1.25. The average molecular weight is 440 g/mol. The number of hydrogen-bond donors (Lipinski definition) is 3. The summed E-state index contributed by atoms with van der Waals surface area (Å²) in [6.07, 6.45) is 0.00778. The zero-order chi connectivity index (χ0) is 21.6. The molecule has 0 spiro atoms. The van der Waals surface area contributed by atoms with Gasteiger partial charge in [-0.2, -0.15) is 0 Å². The van der Waals surface area contributed by atoms with Gasteiger partial charge in [-0.25, -0.2) is 4.39 Å². The van der Waals surface area contributed by atoms with Gasteiger partial charge in [-0.3, -0.25) is 14.4 Å². The summed E-state index contributed by atoms with van der Waals surface area (Å²) >= 11 is 12.3. The Morgan fingerprint density at radius 1 is 1.00 bits per heavy atom. The molecule has 0 aromatic heterocycles. The van der Waals surface area contributed by atoms with Crippen LogP contribution in [0.4, 0.5) is 4.39 Å². The van der Waals surface area contributed by atoms with Crippen LogP contribution < -0.4 is 16.4 Å². The van der Waals surface area contributed by atoms with E-state index in [0.29, 0.717) is 21.2 Å². The van der Waals surface area contributed by atoms with E-state index in [1.54, 1.807) is 24.3 Å². The first-order valence-corrected chi connectivity index (χ1v) is 9.47. The topological polar surface area (TPSA) is 101 Å². The van der Waals surface area contributed by atoms with Crippen LogP contribution in [0.5, 0.6) is 0 Å². The predicted octanol–water partition coefficient (Wildman–Crippen LogP) is 2.39. The summed E-state index contributed by atoms with van der Waals surface area (Å²) < 4.78 is 13.4. The molecule has 4 N–H and O–H groups in total. The van der Waals surface area contributed by atoms with Gasteiger partial charge in [0.25, 0.3) is 0 Å². The van der Waals surface area contributed by atoms with Crippen LogP contribution in [0.15, 0.2) is 42.5 Å². The van der Waals surface area contributed by atoms with Gasteiger partial charge in [0.15, 0.2) is 0 Å². The van der Waals surface area contributed by atoms with Crippen LogP contribution in [0.3, 0.4) is 0 Å². The van der Waals surface area contributed by atoms with Crippen LogP contribution >= 0.6 is 23.2 Å². The number of carbonyl (C=O) groups excluding carboxylic acids is 3. The molecule has 0 saturated heterocycles. The highest BCUT2D eigenvalue weighted by Crippen LogP contribution is 2.25. The first-order valence-electron chi connectivity index (χ1n) is 8.71. The Labute approximate surface area is 177 Å². The highest BCUT2D eigenvalue weighted by molar-refractivity contribution is 6.36. The zero-order valence-electron chi connectivity index (χ0n) is 15.5. The quantitative estimate of drug-likeness (QED) is 0.588. The molecule has 0 aliphatic heterocycles. The number of amides is 3. The fourth-order valence-electron chi connectivity index (χ4n) is 2.78. The molecule has 0 aliphatic rings. The number of nitrogens with one attached hydrogen (secondary N) is 2. The van der Waals surface area contributed by atoms with Gasteiger partial charge in [-0.15, -0.1) is 0 Å². The fraction of sp³-hybridized carbons (Fsp3) is 0.250. The van der Waals surface area contributed by atoms with E-state index in [0.717, 1.165) is 0 Å². The van der Waals surface area contributed by atoms with Crippen molar-refractivity contribution in [1.82, 2.24) is 10.6 Å². The van der Waals surface area contributed by atoms with Gasteiger partial charge in [0.05, 0.1) is 0 Å². The minimum atomic E-state index is -1.11. The van der Waals surface area contributed by atoms with Crippen LogP contribution in [0, 0.1) is 5.82 Å². The molecular weight excluding hydrogens is 420 g/mol. The number of halogens is 3. The van der Waals surface area contributed by atoms with Gasteiger partial charge in [0.2, 0.25) is 17.7 Å². The SMILES string of the molecule is CC(=O)N[C@@H](Cc1cccc(F)c1)C(=O)N[C@H](Cc1c(Cl)cccc1Cl)C(N)=O. The second-order valence-corrected chi connectivity index (χ2v) is 7.27. The summed E-state index contributed by atoms with van der Waals surface area (Å²) in [5.74, 6) is -2.35. The number of rotatable bonds is 8. The smallest absolute Gasteiger partial charge is 0.243 e. The minimum absolute atomic E-state index is 0.0215. The normalized spacial score (nSPS) is 12.7. The molecule has 6 nitrogen and oxygen atoms in total. The minimum Gasteiger partial charge on any atom is -0.368 e. The molecule has 2 rings (SSSR count). The van der Waals surface area contributed by atoms with E-state index in [-0.39, 0.29) is 12.8 Å². The molecule has 2 aromatic rings. The summed E-state index contributed by atoms with van der Waals surface area (Å²) in [4.78, 5) is 36.2. The van der Waals surface area contributed by atoms with Crippen molar-refractivity contribution in [1.29, 1.82) is 0 Å². The van der Waals surface area contributed by atoms with Gasteiger partial charge < -0.3 is 16.4 Å². The van der Waals surface area contributed by atoms with Gasteiger partial charge in [0.1, 0.15) is 17.9 Å². The van der Waals surface area contributed by atoms with E-state index < -0.39 is 35.6 Å². The number of benzene rings is 2. The third-order valence-electron chi connectivity index (χ3n) is 4.15. The molecule has 0 bridgehead atoms. The highest BCUT2D eigenvalue weighted by atomic mass is 35.5. The molecule has 2 aromatic carbocycles. The molecule has 29 heavy (non-hydrogen) atoms. The third kappa shape index (κ3) is 6.73. The molecule has 154 valence electrons. The maximum absolute atomic E-state index is 13.4. The van der Waals surface area contributed by atoms with Crippen molar-refractivity contribution in [2.45, 2.75) is 31.8 Å². The largest absolute Gasteiger partial charge is 0.368 e. The van der Waals surface area contributed by atoms with Gasteiger partial charge in [-0.1, -0.05) is 41.4 Å².